The van der Waals surface area contributed by atoms with Crippen LogP contribution in [0.2, 0.25) is 10.0 Å². The van der Waals surface area contributed by atoms with E-state index < -0.39 is 0 Å². The van der Waals surface area contributed by atoms with Crippen LogP contribution >= 0.6 is 34.8 Å². The first-order chi connectivity index (χ1) is 7.04. The molecule has 0 aliphatic rings. The Hall–Kier alpha value is -0.440. The molecule has 0 aliphatic heterocycles. The number of benzene rings is 1. The van der Waals surface area contributed by atoms with E-state index in [2.05, 4.69) is 5.32 Å². The van der Waals surface area contributed by atoms with Crippen molar-refractivity contribution in [2.75, 3.05) is 11.2 Å². The molecule has 1 rings (SSSR count). The van der Waals surface area contributed by atoms with Crippen molar-refractivity contribution < 1.29 is 4.79 Å². The van der Waals surface area contributed by atoms with E-state index in [1.807, 2.05) is 0 Å². The van der Waals surface area contributed by atoms with Gasteiger partial charge in [0.05, 0.1) is 10.7 Å². The second-order valence-corrected chi connectivity index (χ2v) is 4.32. The first kappa shape index (κ1) is 12.6. The third-order valence-electron chi connectivity index (χ3n) is 1.87. The van der Waals surface area contributed by atoms with Gasteiger partial charge in [0, 0.05) is 16.8 Å². The number of rotatable bonds is 3. The van der Waals surface area contributed by atoms with E-state index >= 15 is 0 Å². The van der Waals surface area contributed by atoms with Crippen LogP contribution in [0.25, 0.3) is 0 Å². The molecule has 2 nitrogen and oxygen atoms in total. The fourth-order valence-electron chi connectivity index (χ4n) is 0.917. The van der Waals surface area contributed by atoms with Crippen LogP contribution < -0.4 is 5.32 Å². The Morgan fingerprint density at radius 2 is 2.13 bits per heavy atom. The quantitative estimate of drug-likeness (QED) is 0.828. The maximum Gasteiger partial charge on any atom is 0.228 e. The van der Waals surface area contributed by atoms with Gasteiger partial charge in [-0.1, -0.05) is 30.1 Å². The van der Waals surface area contributed by atoms with Gasteiger partial charge in [-0.05, 0) is 18.2 Å². The second kappa shape index (κ2) is 5.59. The summed E-state index contributed by atoms with van der Waals surface area (Å²) >= 11 is 17.2. The van der Waals surface area contributed by atoms with Crippen molar-refractivity contribution in [2.24, 2.45) is 5.92 Å². The fourth-order valence-corrected chi connectivity index (χ4v) is 1.51. The molecular formula is C10H10Cl3NO. The predicted octanol–water partition coefficient (Wildman–Crippen LogP) is 3.81. The number of amides is 1. The summed E-state index contributed by atoms with van der Waals surface area (Å²) in [6, 6.07) is 4.89. The average molecular weight is 267 g/mol. The van der Waals surface area contributed by atoms with E-state index in [9.17, 15) is 4.79 Å². The molecular weight excluding hydrogens is 256 g/mol. The number of nitrogens with one attached hydrogen (secondary N) is 1. The van der Waals surface area contributed by atoms with Gasteiger partial charge in [-0.25, -0.2) is 0 Å². The molecule has 0 saturated heterocycles. The van der Waals surface area contributed by atoms with Gasteiger partial charge in [-0.15, -0.1) is 11.6 Å². The van der Waals surface area contributed by atoms with Crippen molar-refractivity contribution in [3.8, 4) is 0 Å². The van der Waals surface area contributed by atoms with E-state index in [0.29, 0.717) is 15.7 Å². The molecule has 82 valence electrons. The van der Waals surface area contributed by atoms with Gasteiger partial charge in [0.15, 0.2) is 0 Å². The molecule has 0 heterocycles. The van der Waals surface area contributed by atoms with Crippen LogP contribution in [-0.4, -0.2) is 11.8 Å². The van der Waals surface area contributed by atoms with E-state index in [4.69, 9.17) is 34.8 Å². The molecule has 15 heavy (non-hydrogen) atoms. The van der Waals surface area contributed by atoms with Gasteiger partial charge in [-0.3, -0.25) is 4.79 Å². The van der Waals surface area contributed by atoms with Gasteiger partial charge in [0.2, 0.25) is 5.91 Å². The Kier molecular flexibility index (Phi) is 4.71. The van der Waals surface area contributed by atoms with Crippen LogP contribution in [0.1, 0.15) is 6.92 Å². The van der Waals surface area contributed by atoms with Crippen LogP contribution in [0, 0.1) is 5.92 Å². The number of carbonyl (C=O) groups excluding carboxylic acids is 1. The zero-order valence-corrected chi connectivity index (χ0v) is 10.3. The van der Waals surface area contributed by atoms with E-state index in [0.717, 1.165) is 0 Å². The summed E-state index contributed by atoms with van der Waals surface area (Å²) in [5, 5.41) is 3.62. The lowest BCUT2D eigenvalue weighted by molar-refractivity contribution is -0.118. The van der Waals surface area contributed by atoms with Crippen molar-refractivity contribution >= 4 is 46.4 Å². The molecule has 5 heteroatoms. The van der Waals surface area contributed by atoms with Crippen LogP contribution in [0.5, 0.6) is 0 Å². The van der Waals surface area contributed by atoms with Crippen LogP contribution in [0.15, 0.2) is 18.2 Å². The number of hydrogen-bond acceptors (Lipinski definition) is 1. The zero-order chi connectivity index (χ0) is 11.4. The number of alkyl halides is 1. The maximum absolute atomic E-state index is 11.5. The van der Waals surface area contributed by atoms with Crippen molar-refractivity contribution in [1.82, 2.24) is 0 Å². The van der Waals surface area contributed by atoms with Gasteiger partial charge >= 0.3 is 0 Å². The van der Waals surface area contributed by atoms with Gasteiger partial charge in [-0.2, -0.15) is 0 Å². The lowest BCUT2D eigenvalue weighted by Gasteiger charge is -2.10. The molecule has 1 aromatic rings. The number of carbonyl (C=O) groups is 1. The normalized spacial score (nSPS) is 12.3. The Balaban J connectivity index is 2.77. The molecule has 0 bridgehead atoms. The Morgan fingerprint density at radius 3 is 2.67 bits per heavy atom. The zero-order valence-electron chi connectivity index (χ0n) is 8.06. The molecule has 0 aliphatic carbocycles. The molecule has 1 amide bonds. The molecule has 1 unspecified atom stereocenters. The predicted molar refractivity (Wildman–Crippen MR) is 65.0 cm³/mol. The highest BCUT2D eigenvalue weighted by Crippen LogP contribution is 2.25. The van der Waals surface area contributed by atoms with Crippen molar-refractivity contribution in [1.29, 1.82) is 0 Å². The van der Waals surface area contributed by atoms with Crippen LogP contribution in [-0.2, 0) is 4.79 Å². The summed E-state index contributed by atoms with van der Waals surface area (Å²) in [5.74, 6) is -0.135. The molecule has 1 atom stereocenters. The summed E-state index contributed by atoms with van der Waals surface area (Å²) in [7, 11) is 0. The Labute approximate surface area is 104 Å². The summed E-state index contributed by atoms with van der Waals surface area (Å²) < 4.78 is 0. The van der Waals surface area contributed by atoms with E-state index in [1.165, 1.54) is 0 Å². The molecule has 0 spiro atoms. The van der Waals surface area contributed by atoms with Gasteiger partial charge < -0.3 is 5.32 Å². The Bertz CT molecular complexity index is 368. The monoisotopic (exact) mass is 265 g/mol. The highest BCUT2D eigenvalue weighted by atomic mass is 35.5. The lowest BCUT2D eigenvalue weighted by atomic mass is 10.2. The number of anilines is 1. The highest BCUT2D eigenvalue weighted by molar-refractivity contribution is 6.36. The fraction of sp³-hybridized carbons (Fsp3) is 0.300. The topological polar surface area (TPSA) is 29.1 Å². The molecule has 0 aromatic heterocycles. The summed E-state index contributed by atoms with van der Waals surface area (Å²) in [5.41, 5.74) is 0.544. The minimum absolute atomic E-state index is 0.158. The molecule has 0 saturated carbocycles. The molecule has 0 fully saturated rings. The minimum atomic E-state index is -0.251. The highest BCUT2D eigenvalue weighted by Gasteiger charge is 2.12. The van der Waals surface area contributed by atoms with Crippen molar-refractivity contribution in [3.05, 3.63) is 28.2 Å². The van der Waals surface area contributed by atoms with Gasteiger partial charge in [0.25, 0.3) is 0 Å². The standard InChI is InChI=1S/C10H10Cl3NO/c1-6(5-11)10(15)14-9-3-2-7(12)4-8(9)13/h2-4,6H,5H2,1H3,(H,14,15). The molecule has 1 N–H and O–H groups in total. The maximum atomic E-state index is 11.5. The molecule has 1 aromatic carbocycles. The SMILES string of the molecule is CC(CCl)C(=O)Nc1ccc(Cl)cc1Cl. The minimum Gasteiger partial charge on any atom is -0.324 e. The number of halogens is 3. The first-order valence-corrected chi connectivity index (χ1v) is 5.65. The lowest BCUT2D eigenvalue weighted by Crippen LogP contribution is -2.21. The largest absolute Gasteiger partial charge is 0.324 e. The van der Waals surface area contributed by atoms with Gasteiger partial charge in [0.1, 0.15) is 0 Å². The smallest absolute Gasteiger partial charge is 0.228 e. The Morgan fingerprint density at radius 1 is 1.47 bits per heavy atom. The van der Waals surface area contributed by atoms with Crippen LogP contribution in [0.4, 0.5) is 5.69 Å². The summed E-state index contributed by atoms with van der Waals surface area (Å²) in [6.45, 7) is 1.74. The third kappa shape index (κ3) is 3.56. The van der Waals surface area contributed by atoms with E-state index in [1.54, 1.807) is 25.1 Å². The van der Waals surface area contributed by atoms with Crippen molar-refractivity contribution in [3.63, 3.8) is 0 Å². The summed E-state index contributed by atoms with van der Waals surface area (Å²) in [6.07, 6.45) is 0. The van der Waals surface area contributed by atoms with E-state index in [-0.39, 0.29) is 17.7 Å². The average Bonchev–Trinajstić information content (AvgIpc) is 2.20. The van der Waals surface area contributed by atoms with Crippen molar-refractivity contribution in [2.45, 2.75) is 6.92 Å². The third-order valence-corrected chi connectivity index (χ3v) is 2.88. The summed E-state index contributed by atoms with van der Waals surface area (Å²) in [4.78, 5) is 11.5. The second-order valence-electron chi connectivity index (χ2n) is 3.17. The number of hydrogen-bond donors (Lipinski definition) is 1. The van der Waals surface area contributed by atoms with Crippen LogP contribution in [0.3, 0.4) is 0 Å². The first-order valence-electron chi connectivity index (χ1n) is 4.36. The molecule has 0 radical (unpaired) electrons.